The number of carboxylic acid groups (broad SMARTS) is 1. The summed E-state index contributed by atoms with van der Waals surface area (Å²) in [7, 11) is 1.70. The molecule has 1 aliphatic heterocycles. The molecule has 0 amide bonds. The second-order valence-electron chi connectivity index (χ2n) is 7.57. The average Bonchev–Trinajstić information content (AvgIpc) is 3.15. The molecule has 1 unspecified atom stereocenters. The van der Waals surface area contributed by atoms with E-state index in [2.05, 4.69) is 43.4 Å². The molecular weight excluding hydrogens is 378 g/mol. The van der Waals surface area contributed by atoms with Gasteiger partial charge >= 0.3 is 5.97 Å². The zero-order valence-electron chi connectivity index (χ0n) is 17.4. The van der Waals surface area contributed by atoms with Gasteiger partial charge < -0.3 is 19.9 Å². The van der Waals surface area contributed by atoms with Crippen LogP contribution in [0.3, 0.4) is 0 Å². The summed E-state index contributed by atoms with van der Waals surface area (Å²) >= 11 is 0. The Balaban J connectivity index is 1.60. The predicted molar refractivity (Wildman–Crippen MR) is 118 cm³/mol. The molecule has 0 fully saturated rings. The Morgan fingerprint density at radius 1 is 1.13 bits per heavy atom. The molecule has 1 atom stereocenters. The molecule has 0 saturated heterocycles. The van der Waals surface area contributed by atoms with E-state index in [0.717, 1.165) is 28.1 Å². The number of hydrogen-bond acceptors (Lipinski definition) is 4. The maximum absolute atomic E-state index is 11.3. The summed E-state index contributed by atoms with van der Waals surface area (Å²) in [6, 6.07) is 18.1. The third-order valence-corrected chi connectivity index (χ3v) is 5.63. The van der Waals surface area contributed by atoms with E-state index in [1.54, 1.807) is 7.11 Å². The number of aryl methyl sites for hydroxylation is 2. The molecule has 0 aromatic heterocycles. The first-order valence-corrected chi connectivity index (χ1v) is 9.95. The van der Waals surface area contributed by atoms with Crippen molar-refractivity contribution in [3.8, 4) is 22.6 Å². The highest BCUT2D eigenvalue weighted by Crippen LogP contribution is 2.38. The van der Waals surface area contributed by atoms with E-state index in [4.69, 9.17) is 9.47 Å². The smallest absolute Gasteiger partial charge is 0.314 e. The lowest BCUT2D eigenvalue weighted by Crippen LogP contribution is -2.12. The van der Waals surface area contributed by atoms with Gasteiger partial charge in [0.15, 0.2) is 0 Å². The van der Waals surface area contributed by atoms with Crippen LogP contribution in [-0.2, 0) is 11.3 Å². The molecule has 5 nitrogen and oxygen atoms in total. The monoisotopic (exact) mass is 403 g/mol. The van der Waals surface area contributed by atoms with Gasteiger partial charge in [0.25, 0.3) is 0 Å². The van der Waals surface area contributed by atoms with E-state index in [-0.39, 0.29) is 6.61 Å². The number of ether oxygens (including phenoxy) is 2. The number of methoxy groups -OCH3 is 1. The number of hydrogen-bond donors (Lipinski definition) is 2. The van der Waals surface area contributed by atoms with Gasteiger partial charge in [0.1, 0.15) is 24.0 Å². The Labute approximate surface area is 176 Å². The van der Waals surface area contributed by atoms with Gasteiger partial charge in [-0.15, -0.1) is 0 Å². The molecule has 1 heterocycles. The Hall–Kier alpha value is -3.47. The van der Waals surface area contributed by atoms with Crippen molar-refractivity contribution in [1.29, 1.82) is 0 Å². The van der Waals surface area contributed by atoms with Gasteiger partial charge in [-0.05, 0) is 36.6 Å². The van der Waals surface area contributed by atoms with Crippen molar-refractivity contribution >= 4 is 11.7 Å². The lowest BCUT2D eigenvalue weighted by atomic mass is 9.93. The van der Waals surface area contributed by atoms with Crippen LogP contribution in [0.15, 0.2) is 54.6 Å². The highest BCUT2D eigenvalue weighted by Gasteiger charge is 2.30. The molecule has 1 aliphatic rings. The number of carboxylic acids is 1. The Kier molecular flexibility index (Phi) is 5.36. The molecule has 0 bridgehead atoms. The quantitative estimate of drug-likeness (QED) is 0.596. The number of fused-ring (bicyclic) bond motifs is 1. The van der Waals surface area contributed by atoms with Crippen LogP contribution in [0.2, 0.25) is 0 Å². The number of para-hydroxylation sites is 1. The highest BCUT2D eigenvalue weighted by molar-refractivity contribution is 5.79. The third kappa shape index (κ3) is 3.59. The van der Waals surface area contributed by atoms with E-state index in [0.29, 0.717) is 12.3 Å². The first kappa shape index (κ1) is 19.8. The Morgan fingerprint density at radius 3 is 2.57 bits per heavy atom. The van der Waals surface area contributed by atoms with Crippen molar-refractivity contribution < 1.29 is 19.4 Å². The summed E-state index contributed by atoms with van der Waals surface area (Å²) in [4.78, 5) is 11.3. The molecule has 3 aromatic carbocycles. The van der Waals surface area contributed by atoms with Crippen LogP contribution in [-0.4, -0.2) is 24.8 Å². The van der Waals surface area contributed by atoms with Crippen molar-refractivity contribution in [2.75, 3.05) is 19.0 Å². The van der Waals surface area contributed by atoms with Crippen LogP contribution < -0.4 is 14.8 Å². The predicted octanol–water partition coefficient (Wildman–Crippen LogP) is 5.15. The van der Waals surface area contributed by atoms with Crippen LogP contribution in [0.5, 0.6) is 11.5 Å². The first-order chi connectivity index (χ1) is 14.5. The van der Waals surface area contributed by atoms with Gasteiger partial charge in [-0.1, -0.05) is 42.5 Å². The number of carbonyl (C=O) groups is 1. The first-order valence-electron chi connectivity index (χ1n) is 9.95. The van der Waals surface area contributed by atoms with Crippen LogP contribution >= 0.6 is 0 Å². The Morgan fingerprint density at radius 2 is 1.87 bits per heavy atom. The Bertz CT molecular complexity index is 1090. The van der Waals surface area contributed by atoms with Gasteiger partial charge in [0.2, 0.25) is 0 Å². The van der Waals surface area contributed by atoms with Crippen LogP contribution in [0, 0.1) is 13.8 Å². The summed E-state index contributed by atoms with van der Waals surface area (Å²) in [6.07, 6.45) is 0. The van der Waals surface area contributed by atoms with Crippen LogP contribution in [0.4, 0.5) is 5.69 Å². The largest absolute Gasteiger partial charge is 0.496 e. The summed E-state index contributed by atoms with van der Waals surface area (Å²) in [5, 5.41) is 12.7. The molecule has 4 rings (SSSR count). The van der Waals surface area contributed by atoms with Crippen molar-refractivity contribution in [3.05, 3.63) is 76.9 Å². The standard InChI is InChI=1S/C25H25NO4/c1-15-6-4-7-16(2)23(15)20-9-5-8-17(24(20)29-3)13-26-18-10-11-19-21(25(27)28)14-30-22(19)12-18/h4-12,21,26H,13-14H2,1-3H3,(H,27,28). The van der Waals surface area contributed by atoms with E-state index in [9.17, 15) is 9.90 Å². The van der Waals surface area contributed by atoms with Gasteiger partial charge in [-0.3, -0.25) is 4.79 Å². The summed E-state index contributed by atoms with van der Waals surface area (Å²) in [5.41, 5.74) is 7.34. The summed E-state index contributed by atoms with van der Waals surface area (Å²) < 4.78 is 11.4. The van der Waals surface area contributed by atoms with E-state index in [1.807, 2.05) is 30.3 Å². The maximum atomic E-state index is 11.3. The second-order valence-corrected chi connectivity index (χ2v) is 7.57. The summed E-state index contributed by atoms with van der Waals surface area (Å²) in [5.74, 6) is 0.0279. The minimum atomic E-state index is -0.859. The fraction of sp³-hybridized carbons (Fsp3) is 0.240. The molecule has 3 aromatic rings. The van der Waals surface area contributed by atoms with Gasteiger partial charge in [0, 0.05) is 35.0 Å². The summed E-state index contributed by atoms with van der Waals surface area (Å²) in [6.45, 7) is 4.98. The van der Waals surface area contributed by atoms with Gasteiger partial charge in [-0.2, -0.15) is 0 Å². The average molecular weight is 403 g/mol. The normalized spacial score (nSPS) is 14.7. The maximum Gasteiger partial charge on any atom is 0.314 e. The van der Waals surface area contributed by atoms with Crippen molar-refractivity contribution in [2.24, 2.45) is 0 Å². The van der Waals surface area contributed by atoms with Gasteiger partial charge in [0.05, 0.1) is 7.11 Å². The van der Waals surface area contributed by atoms with E-state index in [1.165, 1.54) is 16.7 Å². The molecule has 154 valence electrons. The highest BCUT2D eigenvalue weighted by atomic mass is 16.5. The number of benzene rings is 3. The SMILES string of the molecule is COc1c(CNc2ccc3c(c2)OCC3C(=O)O)cccc1-c1c(C)cccc1C. The number of anilines is 1. The zero-order chi connectivity index (χ0) is 21.3. The molecule has 0 aliphatic carbocycles. The molecule has 30 heavy (non-hydrogen) atoms. The molecule has 0 spiro atoms. The second kappa shape index (κ2) is 8.11. The third-order valence-electron chi connectivity index (χ3n) is 5.63. The van der Waals surface area contributed by atoms with E-state index >= 15 is 0 Å². The van der Waals surface area contributed by atoms with Crippen LogP contribution in [0.1, 0.15) is 28.2 Å². The molecule has 0 radical (unpaired) electrons. The fourth-order valence-corrected chi connectivity index (χ4v) is 4.12. The van der Waals surface area contributed by atoms with Crippen molar-refractivity contribution in [3.63, 3.8) is 0 Å². The van der Waals surface area contributed by atoms with Crippen molar-refractivity contribution in [1.82, 2.24) is 0 Å². The minimum absolute atomic E-state index is 0.180. The molecule has 5 heteroatoms. The zero-order valence-corrected chi connectivity index (χ0v) is 17.4. The minimum Gasteiger partial charge on any atom is -0.496 e. The molecular formula is C25H25NO4. The number of nitrogens with one attached hydrogen (secondary N) is 1. The number of rotatable bonds is 6. The fourth-order valence-electron chi connectivity index (χ4n) is 4.12. The lowest BCUT2D eigenvalue weighted by molar-refractivity contribution is -0.138. The van der Waals surface area contributed by atoms with Crippen molar-refractivity contribution in [2.45, 2.75) is 26.3 Å². The lowest BCUT2D eigenvalue weighted by Gasteiger charge is -2.18. The topological polar surface area (TPSA) is 67.8 Å². The molecule has 2 N–H and O–H groups in total. The van der Waals surface area contributed by atoms with E-state index < -0.39 is 11.9 Å². The van der Waals surface area contributed by atoms with Crippen LogP contribution in [0.25, 0.3) is 11.1 Å². The molecule has 0 saturated carbocycles. The number of aliphatic carboxylic acids is 1. The van der Waals surface area contributed by atoms with Gasteiger partial charge in [-0.25, -0.2) is 0 Å².